The standard InChI is InChI=1S/C72H60O4P4/c1-9-25-49(26-10-1)58-45-77-69(65(58)53-33-17-5-18-34-53)73-44-64(76-72-68(56-39-23-8-24-40-56)61(48-80-72)52-31-15-4-16-32-52)57-41-42-62(74-70-66(54-35-19-6-20-36-54)59(46-78-70)50-27-11-2-12-28-50)63(43-57)75-71-67(55-37-21-7-22-38-55)60(47-79-71)51-29-13-3-14-30-51/h1-40,45-48,57,62-64,77-80H,41-44H2. The van der Waals surface area contributed by atoms with Crippen LogP contribution in [0.25, 0.3) is 89.0 Å². The van der Waals surface area contributed by atoms with Gasteiger partial charge in [-0.1, -0.05) is 275 Å². The van der Waals surface area contributed by atoms with Gasteiger partial charge in [0.1, 0.15) is 46.8 Å². The molecule has 0 amide bonds. The molecule has 12 aromatic rings. The van der Waals surface area contributed by atoms with Gasteiger partial charge >= 0.3 is 0 Å². The first-order valence-electron chi connectivity index (χ1n) is 27.6. The summed E-state index contributed by atoms with van der Waals surface area (Å²) in [5.74, 6) is 9.54. The molecule has 4 aromatic heterocycles. The zero-order valence-electron chi connectivity index (χ0n) is 44.2. The van der Waals surface area contributed by atoms with Crippen molar-refractivity contribution in [2.45, 2.75) is 37.6 Å². The minimum Gasteiger partial charge on any atom is -0.485 e. The van der Waals surface area contributed by atoms with Crippen LogP contribution in [-0.2, 0) is 0 Å². The van der Waals surface area contributed by atoms with E-state index >= 15 is 0 Å². The molecule has 13 rings (SSSR count). The van der Waals surface area contributed by atoms with Crippen LogP contribution in [0.5, 0.6) is 21.9 Å². The first kappa shape index (κ1) is 51.5. The molecule has 8 unspecified atom stereocenters. The lowest BCUT2D eigenvalue weighted by molar-refractivity contribution is -0.0249. The van der Waals surface area contributed by atoms with Crippen molar-refractivity contribution >= 4 is 32.8 Å². The third-order valence-electron chi connectivity index (χ3n) is 15.5. The molecule has 1 fully saturated rings. The summed E-state index contributed by atoms with van der Waals surface area (Å²) in [6.07, 6.45) is 1.51. The fourth-order valence-corrected chi connectivity index (χ4v) is 16.4. The van der Waals surface area contributed by atoms with Crippen LogP contribution in [0.1, 0.15) is 19.3 Å². The molecule has 392 valence electrons. The molecule has 80 heavy (non-hydrogen) atoms. The van der Waals surface area contributed by atoms with Gasteiger partial charge in [0, 0.05) is 28.2 Å². The Morgan fingerprint density at radius 1 is 0.312 bits per heavy atom. The average Bonchev–Trinajstić information content (AvgIpc) is 4.38. The van der Waals surface area contributed by atoms with Crippen LogP contribution in [0.4, 0.5) is 0 Å². The summed E-state index contributed by atoms with van der Waals surface area (Å²) < 4.78 is 30.4. The Kier molecular flexibility index (Phi) is 15.6. The van der Waals surface area contributed by atoms with Crippen molar-refractivity contribution in [2.75, 3.05) is 6.61 Å². The molecule has 0 spiro atoms. The van der Waals surface area contributed by atoms with Gasteiger partial charge in [0.2, 0.25) is 0 Å². The maximum Gasteiger partial charge on any atom is 0.143 e. The summed E-state index contributed by atoms with van der Waals surface area (Å²) in [7, 11) is 1.45. The fourth-order valence-electron chi connectivity index (χ4n) is 11.6. The molecule has 0 saturated heterocycles. The van der Waals surface area contributed by atoms with E-state index in [2.05, 4.69) is 266 Å². The monoisotopic (exact) mass is 1110 g/mol. The minimum absolute atomic E-state index is 0.0562. The summed E-state index contributed by atoms with van der Waals surface area (Å²) in [5, 5.41) is 0. The Morgan fingerprint density at radius 3 is 0.963 bits per heavy atom. The van der Waals surface area contributed by atoms with Crippen molar-refractivity contribution < 1.29 is 18.9 Å². The molecule has 8 atom stereocenters. The lowest BCUT2D eigenvalue weighted by atomic mass is 9.81. The zero-order valence-corrected chi connectivity index (χ0v) is 48.2. The van der Waals surface area contributed by atoms with Crippen molar-refractivity contribution in [3.05, 3.63) is 266 Å². The molecule has 1 saturated carbocycles. The Bertz CT molecular complexity index is 3780. The van der Waals surface area contributed by atoms with Gasteiger partial charge in [-0.15, -0.1) is 0 Å². The zero-order chi connectivity index (χ0) is 53.5. The molecule has 4 nitrogen and oxygen atoms in total. The average molecular weight is 1110 g/mol. The smallest absolute Gasteiger partial charge is 0.143 e. The third-order valence-corrected chi connectivity index (χ3v) is 19.7. The number of rotatable bonds is 18. The largest absolute Gasteiger partial charge is 0.485 e. The molecule has 1 aliphatic carbocycles. The second-order valence-corrected chi connectivity index (χ2v) is 24.5. The predicted octanol–water partition coefficient (Wildman–Crippen LogP) is 20.7. The van der Waals surface area contributed by atoms with Gasteiger partial charge in [-0.25, -0.2) is 0 Å². The fraction of sp³-hybridized carbons (Fsp3) is 0.111. The molecule has 4 heterocycles. The highest BCUT2D eigenvalue weighted by Gasteiger charge is 2.40. The van der Waals surface area contributed by atoms with Gasteiger partial charge < -0.3 is 18.9 Å². The number of benzene rings is 8. The second kappa shape index (κ2) is 24.2. The molecular weight excluding hydrogens is 1050 g/mol. The summed E-state index contributed by atoms with van der Waals surface area (Å²) in [6, 6.07) is 86.1. The van der Waals surface area contributed by atoms with E-state index in [0.717, 1.165) is 73.7 Å². The highest BCUT2D eigenvalue weighted by Crippen LogP contribution is 2.54. The molecule has 8 aromatic carbocycles. The van der Waals surface area contributed by atoms with Gasteiger partial charge in [0.25, 0.3) is 0 Å². The van der Waals surface area contributed by atoms with E-state index < -0.39 is 0 Å². The van der Waals surface area contributed by atoms with Crippen molar-refractivity contribution in [1.29, 1.82) is 0 Å². The van der Waals surface area contributed by atoms with E-state index in [1.807, 2.05) is 0 Å². The normalized spacial score (nSPS) is 15.9. The van der Waals surface area contributed by atoms with Crippen LogP contribution in [0.15, 0.2) is 266 Å². The Morgan fingerprint density at radius 2 is 0.600 bits per heavy atom. The van der Waals surface area contributed by atoms with Gasteiger partial charge in [0.05, 0.1) is 0 Å². The SMILES string of the molecule is c1ccc(-c2c[pH]c(OCC(Oc3[pH]cc(-c4ccccc4)c3-c3ccccc3)C3CCC(Oc4[pH]cc(-c5ccccc5)c4-c4ccccc4)C(Oc4[pH]cc(-c5ccccc5)c4-c4ccccc4)C3)c2-c2ccccc2)cc1. The maximum absolute atomic E-state index is 7.72. The van der Waals surface area contributed by atoms with Crippen LogP contribution in [-0.4, -0.2) is 24.9 Å². The van der Waals surface area contributed by atoms with Gasteiger partial charge in [-0.3, -0.25) is 0 Å². The van der Waals surface area contributed by atoms with Crippen molar-refractivity contribution in [2.24, 2.45) is 5.92 Å². The van der Waals surface area contributed by atoms with Crippen LogP contribution in [0.3, 0.4) is 0 Å². The van der Waals surface area contributed by atoms with E-state index in [9.17, 15) is 0 Å². The van der Waals surface area contributed by atoms with E-state index in [4.69, 9.17) is 18.9 Å². The molecule has 0 aliphatic heterocycles. The van der Waals surface area contributed by atoms with Crippen molar-refractivity contribution in [3.8, 4) is 111 Å². The van der Waals surface area contributed by atoms with E-state index in [1.54, 1.807) is 0 Å². The van der Waals surface area contributed by atoms with E-state index in [-0.39, 0.29) is 24.2 Å². The third kappa shape index (κ3) is 11.0. The second-order valence-electron chi connectivity index (χ2n) is 20.4. The maximum atomic E-state index is 7.72. The van der Waals surface area contributed by atoms with Gasteiger partial charge in [-0.05, 0) is 109 Å². The molecular formula is C72H60O4P4. The lowest BCUT2D eigenvalue weighted by Gasteiger charge is -2.39. The van der Waals surface area contributed by atoms with E-state index in [0.29, 0.717) is 45.8 Å². The highest BCUT2D eigenvalue weighted by molar-refractivity contribution is 7.33. The van der Waals surface area contributed by atoms with Crippen LogP contribution >= 0.6 is 32.8 Å². The van der Waals surface area contributed by atoms with Crippen LogP contribution in [0.2, 0.25) is 0 Å². The summed E-state index contributed by atoms with van der Waals surface area (Å²) in [4.78, 5) is 0. The molecule has 0 bridgehead atoms. The lowest BCUT2D eigenvalue weighted by Crippen LogP contribution is -2.46. The highest BCUT2D eigenvalue weighted by atomic mass is 31.0. The molecule has 8 heteroatoms. The molecule has 0 radical (unpaired) electrons. The topological polar surface area (TPSA) is 36.9 Å². The minimum atomic E-state index is -0.313. The summed E-state index contributed by atoms with van der Waals surface area (Å²) >= 11 is 0. The first-order chi connectivity index (χ1) is 39.7. The quantitative estimate of drug-likeness (QED) is 0.0858. The van der Waals surface area contributed by atoms with Gasteiger partial charge in [0.15, 0.2) is 0 Å². The Balaban J connectivity index is 0.918. The number of hydrogen-bond acceptors (Lipinski definition) is 4. The van der Waals surface area contributed by atoms with Crippen LogP contribution in [0, 0.1) is 5.92 Å². The van der Waals surface area contributed by atoms with Gasteiger partial charge in [-0.2, -0.15) is 0 Å². The van der Waals surface area contributed by atoms with Crippen molar-refractivity contribution in [1.82, 2.24) is 0 Å². The number of ether oxygens (including phenoxy) is 4. The first-order valence-corrected chi connectivity index (χ1v) is 31.9. The van der Waals surface area contributed by atoms with Crippen LogP contribution < -0.4 is 18.9 Å². The number of hydrogen-bond donors (Lipinski definition) is 0. The molecule has 1 aliphatic rings. The van der Waals surface area contributed by atoms with Crippen molar-refractivity contribution in [3.63, 3.8) is 0 Å². The van der Waals surface area contributed by atoms with E-state index in [1.165, 1.54) is 50.1 Å². The summed E-state index contributed by atoms with van der Waals surface area (Å²) in [6.45, 7) is 0.378. The Labute approximate surface area is 475 Å². The Hall–Kier alpha value is -7.92. The molecule has 0 N–H and O–H groups in total. The summed E-state index contributed by atoms with van der Waals surface area (Å²) in [5.41, 5.74) is 22.9. The predicted molar refractivity (Wildman–Crippen MR) is 343 cm³/mol.